The average Bonchev–Trinajstić information content (AvgIpc) is 2.02. The van der Waals surface area contributed by atoms with Crippen LogP contribution in [-0.2, 0) is 0 Å². The van der Waals surface area contributed by atoms with Crippen molar-refractivity contribution in [2.75, 3.05) is 5.73 Å². The molecule has 0 aromatic carbocycles. The third kappa shape index (κ3) is 1.61. The van der Waals surface area contributed by atoms with Crippen molar-refractivity contribution < 1.29 is 13.7 Å². The Balaban J connectivity index is 3.41. The summed E-state index contributed by atoms with van der Waals surface area (Å²) in [5.74, 6) is -0.350. The molecule has 14 heavy (non-hydrogen) atoms. The van der Waals surface area contributed by atoms with Gasteiger partial charge in [0, 0.05) is 17.3 Å². The van der Waals surface area contributed by atoms with Gasteiger partial charge in [0.25, 0.3) is 6.43 Å². The summed E-state index contributed by atoms with van der Waals surface area (Å²) in [4.78, 5) is 13.0. The van der Waals surface area contributed by atoms with Gasteiger partial charge in [0.2, 0.25) is 5.82 Å². The lowest BCUT2D eigenvalue weighted by Gasteiger charge is -2.05. The van der Waals surface area contributed by atoms with Crippen molar-refractivity contribution in [3.63, 3.8) is 0 Å². The molecule has 1 aromatic rings. The van der Waals surface area contributed by atoms with Gasteiger partial charge in [0.15, 0.2) is 0 Å². The maximum Gasteiger partial charge on any atom is 0.314 e. The Hall–Kier alpha value is -1.79. The molecule has 5 nitrogen and oxygen atoms in total. The number of alkyl halides is 2. The van der Waals surface area contributed by atoms with Crippen LogP contribution in [0.5, 0.6) is 0 Å². The van der Waals surface area contributed by atoms with Crippen molar-refractivity contribution in [3.8, 4) is 0 Å². The minimum absolute atomic E-state index is 0.141. The van der Waals surface area contributed by atoms with Crippen LogP contribution in [-0.4, -0.2) is 9.91 Å². The van der Waals surface area contributed by atoms with E-state index in [1.54, 1.807) is 0 Å². The Bertz CT molecular complexity index is 381. The zero-order valence-electron chi connectivity index (χ0n) is 7.20. The number of halogens is 2. The number of nitrogens with two attached hydrogens (primary N) is 1. The van der Waals surface area contributed by atoms with Crippen molar-refractivity contribution >= 4 is 11.5 Å². The fourth-order valence-electron chi connectivity index (χ4n) is 1.08. The van der Waals surface area contributed by atoms with E-state index in [1.165, 1.54) is 6.92 Å². The molecule has 0 aliphatic rings. The van der Waals surface area contributed by atoms with Crippen molar-refractivity contribution in [1.82, 2.24) is 4.98 Å². The number of hydrogen-bond donors (Lipinski definition) is 1. The van der Waals surface area contributed by atoms with Crippen LogP contribution >= 0.6 is 0 Å². The first-order chi connectivity index (χ1) is 6.45. The van der Waals surface area contributed by atoms with Gasteiger partial charge in [0.1, 0.15) is 0 Å². The first-order valence-corrected chi connectivity index (χ1v) is 3.62. The first kappa shape index (κ1) is 10.3. The van der Waals surface area contributed by atoms with Gasteiger partial charge in [-0.05, 0) is 6.92 Å². The van der Waals surface area contributed by atoms with E-state index in [0.717, 1.165) is 6.20 Å². The number of aromatic nitrogens is 1. The molecule has 1 heterocycles. The first-order valence-electron chi connectivity index (χ1n) is 3.62. The van der Waals surface area contributed by atoms with Crippen LogP contribution < -0.4 is 5.73 Å². The summed E-state index contributed by atoms with van der Waals surface area (Å²) in [5.41, 5.74) is 4.03. The van der Waals surface area contributed by atoms with Crippen LogP contribution in [0.1, 0.15) is 17.6 Å². The van der Waals surface area contributed by atoms with Gasteiger partial charge in [-0.25, -0.2) is 13.8 Å². The predicted octanol–water partition coefficient (Wildman–Crippen LogP) is 1.82. The van der Waals surface area contributed by atoms with Gasteiger partial charge in [-0.1, -0.05) is 0 Å². The number of anilines is 1. The Morgan fingerprint density at radius 2 is 2.21 bits per heavy atom. The second kappa shape index (κ2) is 3.52. The Labute approximate surface area is 77.7 Å². The van der Waals surface area contributed by atoms with E-state index in [4.69, 9.17) is 5.73 Å². The molecule has 7 heteroatoms. The Kier molecular flexibility index (Phi) is 2.59. The molecule has 1 rings (SSSR count). The van der Waals surface area contributed by atoms with Gasteiger partial charge in [0.05, 0.1) is 4.92 Å². The minimum Gasteiger partial charge on any atom is -0.378 e. The lowest BCUT2D eigenvalue weighted by atomic mass is 10.1. The fraction of sp³-hybridized carbons (Fsp3) is 0.286. The highest BCUT2D eigenvalue weighted by atomic mass is 19.3. The summed E-state index contributed by atoms with van der Waals surface area (Å²) in [7, 11) is 0. The summed E-state index contributed by atoms with van der Waals surface area (Å²) >= 11 is 0. The minimum atomic E-state index is -2.79. The second-order valence-corrected chi connectivity index (χ2v) is 2.63. The fourth-order valence-corrected chi connectivity index (χ4v) is 1.08. The Morgan fingerprint density at radius 1 is 1.64 bits per heavy atom. The topological polar surface area (TPSA) is 82.0 Å². The van der Waals surface area contributed by atoms with Crippen molar-refractivity contribution in [2.45, 2.75) is 13.3 Å². The van der Waals surface area contributed by atoms with Gasteiger partial charge < -0.3 is 5.73 Å². The van der Waals surface area contributed by atoms with Crippen LogP contribution in [0.4, 0.5) is 20.3 Å². The van der Waals surface area contributed by atoms with E-state index in [1.807, 2.05) is 0 Å². The van der Waals surface area contributed by atoms with Crippen LogP contribution in [0.2, 0.25) is 0 Å². The highest BCUT2D eigenvalue weighted by Crippen LogP contribution is 2.31. The number of rotatable bonds is 2. The average molecular weight is 203 g/mol. The number of nitrogens with zero attached hydrogens (tertiary/aromatic N) is 2. The molecule has 0 aliphatic carbocycles. The summed E-state index contributed by atoms with van der Waals surface area (Å²) in [5, 5.41) is 10.5. The molecule has 0 radical (unpaired) electrons. The number of pyridine rings is 1. The van der Waals surface area contributed by atoms with Crippen LogP contribution in [0.15, 0.2) is 6.20 Å². The lowest BCUT2D eigenvalue weighted by molar-refractivity contribution is -0.384. The second-order valence-electron chi connectivity index (χ2n) is 2.63. The third-order valence-electron chi connectivity index (χ3n) is 1.79. The van der Waals surface area contributed by atoms with Crippen LogP contribution in [0.25, 0.3) is 0 Å². The zero-order chi connectivity index (χ0) is 10.9. The van der Waals surface area contributed by atoms with Crippen LogP contribution in [0, 0.1) is 17.0 Å². The quantitative estimate of drug-likeness (QED) is 0.587. The van der Waals surface area contributed by atoms with Crippen molar-refractivity contribution in [1.29, 1.82) is 0 Å². The van der Waals surface area contributed by atoms with Crippen molar-refractivity contribution in [2.24, 2.45) is 0 Å². The monoisotopic (exact) mass is 203 g/mol. The molecule has 76 valence electrons. The molecule has 0 unspecified atom stereocenters. The lowest BCUT2D eigenvalue weighted by Crippen LogP contribution is -2.04. The number of nitro groups is 1. The van der Waals surface area contributed by atoms with Gasteiger partial charge in [-0.2, -0.15) is 0 Å². The van der Waals surface area contributed by atoms with Crippen molar-refractivity contribution in [3.05, 3.63) is 27.4 Å². The standard InChI is InChI=1S/C7H7F2N3O2/c1-3-4(6(8)9)2-11-7(10)5(3)12(13)14/h2,6H,1H3,(H2,10,11). The highest BCUT2D eigenvalue weighted by molar-refractivity contribution is 5.59. The normalized spacial score (nSPS) is 10.6. The maximum absolute atomic E-state index is 12.3. The number of hydrogen-bond acceptors (Lipinski definition) is 4. The SMILES string of the molecule is Cc1c(C(F)F)cnc(N)c1[N+](=O)[O-]. The molecule has 0 fully saturated rings. The highest BCUT2D eigenvalue weighted by Gasteiger charge is 2.23. The molecular weight excluding hydrogens is 196 g/mol. The van der Waals surface area contributed by atoms with E-state index in [-0.39, 0.29) is 11.4 Å². The van der Waals surface area contributed by atoms with E-state index in [0.29, 0.717) is 0 Å². The number of nitrogen functional groups attached to an aromatic ring is 1. The third-order valence-corrected chi connectivity index (χ3v) is 1.79. The molecule has 0 amide bonds. The molecule has 1 aromatic heterocycles. The summed E-state index contributed by atoms with van der Waals surface area (Å²) in [6.45, 7) is 1.22. The Morgan fingerprint density at radius 3 is 2.64 bits per heavy atom. The smallest absolute Gasteiger partial charge is 0.314 e. The maximum atomic E-state index is 12.3. The summed E-state index contributed by atoms with van der Waals surface area (Å²) in [6.07, 6.45) is -1.94. The van der Waals surface area contributed by atoms with E-state index in [9.17, 15) is 18.9 Å². The molecule has 0 saturated carbocycles. The zero-order valence-corrected chi connectivity index (χ0v) is 7.20. The van der Waals surface area contributed by atoms with E-state index in [2.05, 4.69) is 4.98 Å². The molecule has 0 aliphatic heterocycles. The molecular formula is C7H7F2N3O2. The van der Waals surface area contributed by atoms with Gasteiger partial charge in [-0.15, -0.1) is 0 Å². The molecule has 0 spiro atoms. The van der Waals surface area contributed by atoms with Crippen LogP contribution in [0.3, 0.4) is 0 Å². The largest absolute Gasteiger partial charge is 0.378 e. The molecule has 0 bridgehead atoms. The predicted molar refractivity (Wildman–Crippen MR) is 45.0 cm³/mol. The van der Waals surface area contributed by atoms with Gasteiger partial charge >= 0.3 is 5.69 Å². The summed E-state index contributed by atoms with van der Waals surface area (Å²) < 4.78 is 24.6. The molecule has 0 saturated heterocycles. The van der Waals surface area contributed by atoms with E-state index >= 15 is 0 Å². The molecule has 2 N–H and O–H groups in total. The van der Waals surface area contributed by atoms with Gasteiger partial charge in [-0.3, -0.25) is 10.1 Å². The summed E-state index contributed by atoms with van der Waals surface area (Å²) in [6, 6.07) is 0. The molecule has 0 atom stereocenters. The van der Waals surface area contributed by atoms with E-state index < -0.39 is 22.6 Å².